The van der Waals surface area contributed by atoms with E-state index in [1.165, 1.54) is 96.3 Å². The van der Waals surface area contributed by atoms with Crippen molar-refractivity contribution < 1.29 is 5.11 Å². The third kappa shape index (κ3) is 13.1. The minimum absolute atomic E-state index is 0.669. The molecule has 1 atom stereocenters. The Bertz CT molecular complexity index is 423. The second-order valence-electron chi connectivity index (χ2n) is 8.69. The molecule has 1 nitrogen and oxygen atoms in total. The van der Waals surface area contributed by atoms with Crippen LogP contribution >= 0.6 is 0 Å². The van der Waals surface area contributed by atoms with E-state index in [1.54, 1.807) is 0 Å². The van der Waals surface area contributed by atoms with E-state index in [0.717, 1.165) is 18.4 Å². The van der Waals surface area contributed by atoms with Gasteiger partial charge in [0.25, 0.3) is 0 Å². The molecule has 27 heavy (non-hydrogen) atoms. The molecule has 1 aromatic rings. The smallest absolute Gasteiger partial charge is 0.0868 e. The van der Waals surface area contributed by atoms with Gasteiger partial charge in [-0.1, -0.05) is 140 Å². The van der Waals surface area contributed by atoms with E-state index in [1.807, 2.05) is 37.3 Å². The highest BCUT2D eigenvalue weighted by atomic mass is 16.3. The highest BCUT2D eigenvalue weighted by Crippen LogP contribution is 2.26. The van der Waals surface area contributed by atoms with Crippen LogP contribution < -0.4 is 0 Å². The Hall–Kier alpha value is -0.820. The Balaban J connectivity index is 1.83. The van der Waals surface area contributed by atoms with Crippen LogP contribution in [0.1, 0.15) is 129 Å². The molecular formula is C26H46O. The van der Waals surface area contributed by atoms with Crippen molar-refractivity contribution in [2.75, 3.05) is 0 Å². The summed E-state index contributed by atoms with van der Waals surface area (Å²) in [6.07, 6.45) is 23.1. The fourth-order valence-electron chi connectivity index (χ4n) is 3.96. The van der Waals surface area contributed by atoms with Gasteiger partial charge < -0.3 is 5.11 Å². The van der Waals surface area contributed by atoms with E-state index in [-0.39, 0.29) is 0 Å². The molecule has 1 rings (SSSR count). The van der Waals surface area contributed by atoms with E-state index >= 15 is 0 Å². The molecule has 0 aliphatic heterocycles. The lowest BCUT2D eigenvalue weighted by atomic mass is 9.90. The van der Waals surface area contributed by atoms with Crippen molar-refractivity contribution in [3.8, 4) is 0 Å². The zero-order valence-corrected chi connectivity index (χ0v) is 18.4. The van der Waals surface area contributed by atoms with Crippen LogP contribution in [0.15, 0.2) is 30.3 Å². The van der Waals surface area contributed by atoms with Gasteiger partial charge in [-0.05, 0) is 18.9 Å². The molecular weight excluding hydrogens is 328 g/mol. The zero-order chi connectivity index (χ0) is 19.6. The summed E-state index contributed by atoms with van der Waals surface area (Å²) in [5.74, 6) is 0. The molecule has 1 unspecified atom stereocenters. The minimum Gasteiger partial charge on any atom is -0.385 e. The summed E-state index contributed by atoms with van der Waals surface area (Å²) in [5, 5.41) is 10.6. The topological polar surface area (TPSA) is 20.2 Å². The minimum atomic E-state index is -0.669. The molecule has 1 heteroatoms. The number of hydrogen-bond donors (Lipinski definition) is 1. The lowest BCUT2D eigenvalue weighted by Gasteiger charge is -2.23. The highest BCUT2D eigenvalue weighted by molar-refractivity contribution is 5.21. The largest absolute Gasteiger partial charge is 0.385 e. The first-order valence-corrected chi connectivity index (χ1v) is 11.9. The summed E-state index contributed by atoms with van der Waals surface area (Å²) in [4.78, 5) is 0. The van der Waals surface area contributed by atoms with Gasteiger partial charge in [-0.15, -0.1) is 0 Å². The Kier molecular flexibility index (Phi) is 14.5. The van der Waals surface area contributed by atoms with Gasteiger partial charge in [0.2, 0.25) is 0 Å². The van der Waals surface area contributed by atoms with Gasteiger partial charge in [0.05, 0.1) is 5.60 Å². The van der Waals surface area contributed by atoms with Gasteiger partial charge >= 0.3 is 0 Å². The quantitative estimate of drug-likeness (QED) is 0.255. The summed E-state index contributed by atoms with van der Waals surface area (Å²) < 4.78 is 0. The molecule has 0 radical (unpaired) electrons. The SMILES string of the molecule is CCCCCCCCCCCCCCCCCCC(C)(O)c1ccccc1. The van der Waals surface area contributed by atoms with Crippen molar-refractivity contribution in [1.29, 1.82) is 0 Å². The van der Waals surface area contributed by atoms with Crippen molar-refractivity contribution in [1.82, 2.24) is 0 Å². The van der Waals surface area contributed by atoms with E-state index < -0.39 is 5.60 Å². The first-order chi connectivity index (χ1) is 13.2. The van der Waals surface area contributed by atoms with Crippen LogP contribution in [-0.2, 0) is 5.60 Å². The number of aliphatic hydroxyl groups is 1. The predicted octanol–water partition coefficient (Wildman–Crippen LogP) is 8.55. The molecule has 0 aliphatic rings. The van der Waals surface area contributed by atoms with Crippen molar-refractivity contribution >= 4 is 0 Å². The second kappa shape index (κ2) is 16.2. The molecule has 156 valence electrons. The van der Waals surface area contributed by atoms with E-state index in [9.17, 15) is 5.11 Å². The van der Waals surface area contributed by atoms with Gasteiger partial charge in [0.15, 0.2) is 0 Å². The Morgan fingerprint density at radius 1 is 0.593 bits per heavy atom. The predicted molar refractivity (Wildman–Crippen MR) is 120 cm³/mol. The van der Waals surface area contributed by atoms with Crippen LogP contribution in [0.4, 0.5) is 0 Å². The van der Waals surface area contributed by atoms with E-state index in [2.05, 4.69) is 6.92 Å². The molecule has 1 aromatic carbocycles. The molecule has 1 N–H and O–H groups in total. The maximum absolute atomic E-state index is 10.6. The van der Waals surface area contributed by atoms with Crippen LogP contribution in [0.25, 0.3) is 0 Å². The van der Waals surface area contributed by atoms with Gasteiger partial charge in [-0.25, -0.2) is 0 Å². The monoisotopic (exact) mass is 374 g/mol. The second-order valence-corrected chi connectivity index (χ2v) is 8.69. The van der Waals surface area contributed by atoms with Gasteiger partial charge in [0, 0.05) is 0 Å². The summed E-state index contributed by atoms with van der Waals surface area (Å²) >= 11 is 0. The summed E-state index contributed by atoms with van der Waals surface area (Å²) in [6.45, 7) is 4.24. The lowest BCUT2D eigenvalue weighted by Crippen LogP contribution is -2.20. The number of hydrogen-bond acceptors (Lipinski definition) is 1. The third-order valence-corrected chi connectivity index (χ3v) is 5.91. The lowest BCUT2D eigenvalue weighted by molar-refractivity contribution is 0.0448. The summed E-state index contributed by atoms with van der Waals surface area (Å²) in [5.41, 5.74) is 0.378. The fraction of sp³-hybridized carbons (Fsp3) is 0.769. The molecule has 0 heterocycles. The maximum atomic E-state index is 10.6. The summed E-state index contributed by atoms with van der Waals surface area (Å²) in [6, 6.07) is 10.1. The average molecular weight is 375 g/mol. The maximum Gasteiger partial charge on any atom is 0.0868 e. The fourth-order valence-corrected chi connectivity index (χ4v) is 3.96. The zero-order valence-electron chi connectivity index (χ0n) is 18.4. The van der Waals surface area contributed by atoms with Crippen LogP contribution in [0, 0.1) is 0 Å². The third-order valence-electron chi connectivity index (χ3n) is 5.91. The molecule has 0 fully saturated rings. The molecule has 0 saturated carbocycles. The van der Waals surface area contributed by atoms with Crippen LogP contribution in [-0.4, -0.2) is 5.11 Å². The van der Waals surface area contributed by atoms with Crippen molar-refractivity contribution in [2.45, 2.75) is 129 Å². The summed E-state index contributed by atoms with van der Waals surface area (Å²) in [7, 11) is 0. The molecule has 0 aliphatic carbocycles. The number of unbranched alkanes of at least 4 members (excludes halogenated alkanes) is 15. The number of rotatable bonds is 18. The Morgan fingerprint density at radius 3 is 1.37 bits per heavy atom. The van der Waals surface area contributed by atoms with Crippen molar-refractivity contribution in [3.63, 3.8) is 0 Å². The highest BCUT2D eigenvalue weighted by Gasteiger charge is 2.21. The Morgan fingerprint density at radius 2 is 0.963 bits per heavy atom. The standard InChI is InChI=1S/C26H46O/c1-3-4-5-6-7-8-9-10-11-12-13-14-15-16-17-21-24-26(2,27)25-22-19-18-20-23-25/h18-20,22-23,27H,3-17,21,24H2,1-2H3. The van der Waals surface area contributed by atoms with Crippen LogP contribution in [0.2, 0.25) is 0 Å². The van der Waals surface area contributed by atoms with Crippen molar-refractivity contribution in [3.05, 3.63) is 35.9 Å². The van der Waals surface area contributed by atoms with Crippen molar-refractivity contribution in [2.24, 2.45) is 0 Å². The molecule has 0 saturated heterocycles. The first kappa shape index (κ1) is 24.2. The first-order valence-electron chi connectivity index (χ1n) is 11.9. The van der Waals surface area contributed by atoms with Crippen LogP contribution in [0.3, 0.4) is 0 Å². The van der Waals surface area contributed by atoms with Crippen LogP contribution in [0.5, 0.6) is 0 Å². The molecule has 0 bridgehead atoms. The Labute approximate surface area is 170 Å². The molecule has 0 amide bonds. The van der Waals surface area contributed by atoms with E-state index in [0.29, 0.717) is 0 Å². The average Bonchev–Trinajstić information content (AvgIpc) is 2.68. The number of benzene rings is 1. The normalized spacial score (nSPS) is 13.6. The van der Waals surface area contributed by atoms with Gasteiger partial charge in [-0.3, -0.25) is 0 Å². The van der Waals surface area contributed by atoms with Gasteiger partial charge in [0.1, 0.15) is 0 Å². The van der Waals surface area contributed by atoms with E-state index in [4.69, 9.17) is 0 Å². The molecule has 0 spiro atoms. The molecule has 0 aromatic heterocycles. The van der Waals surface area contributed by atoms with Gasteiger partial charge in [-0.2, -0.15) is 0 Å².